The largest absolute Gasteiger partial charge is 0.466 e. The van der Waals surface area contributed by atoms with Crippen molar-refractivity contribution in [3.05, 3.63) is 0 Å². The number of ether oxygens (including phenoxy) is 3. The first-order valence-corrected chi connectivity index (χ1v) is 5.00. The molecule has 0 radical (unpaired) electrons. The van der Waals surface area contributed by atoms with Crippen molar-refractivity contribution in [2.75, 3.05) is 20.3 Å². The normalized spacial score (nSPS) is 46.4. The van der Waals surface area contributed by atoms with Gasteiger partial charge in [-0.1, -0.05) is 18.5 Å². The molecule has 5 heteroatoms. The third kappa shape index (κ3) is 1.11. The van der Waals surface area contributed by atoms with Crippen LogP contribution in [0.1, 0.15) is 13.3 Å². The predicted molar refractivity (Wildman–Crippen MR) is 49.0 cm³/mol. The first-order chi connectivity index (χ1) is 6.57. The van der Waals surface area contributed by atoms with Gasteiger partial charge in [0.25, 0.3) is 5.06 Å². The lowest BCUT2D eigenvalue weighted by atomic mass is 9.86. The van der Waals surface area contributed by atoms with Crippen molar-refractivity contribution in [2.24, 2.45) is 5.92 Å². The third-order valence-electron chi connectivity index (χ3n) is 3.06. The number of rotatable bonds is 1. The monoisotopic (exact) mass is 220 g/mol. The predicted octanol–water partition coefficient (Wildman–Crippen LogP) is 0.920. The fourth-order valence-electron chi connectivity index (χ4n) is 2.07. The molecule has 1 spiro atoms. The number of carbonyl (C=O) groups is 1. The lowest BCUT2D eigenvalue weighted by Crippen LogP contribution is -2.41. The Hall–Kier alpha value is -0.320. The van der Waals surface area contributed by atoms with E-state index < -0.39 is 16.6 Å². The van der Waals surface area contributed by atoms with E-state index >= 15 is 0 Å². The van der Waals surface area contributed by atoms with Crippen LogP contribution in [0.5, 0.6) is 0 Å². The minimum Gasteiger partial charge on any atom is -0.466 e. The molecule has 3 atom stereocenters. The molecule has 0 bridgehead atoms. The molecule has 2 fully saturated rings. The Labute approximate surface area is 87.5 Å². The summed E-state index contributed by atoms with van der Waals surface area (Å²) in [6.07, 6.45) is 0.646. The number of epoxide rings is 1. The molecule has 0 aliphatic carbocycles. The highest BCUT2D eigenvalue weighted by Gasteiger charge is 2.77. The van der Waals surface area contributed by atoms with E-state index in [-0.39, 0.29) is 5.92 Å². The molecule has 14 heavy (non-hydrogen) atoms. The van der Waals surface area contributed by atoms with Crippen molar-refractivity contribution >= 4 is 17.6 Å². The van der Waals surface area contributed by atoms with Crippen molar-refractivity contribution < 1.29 is 19.0 Å². The molecule has 0 aromatic heterocycles. The fraction of sp³-hybridized carbons (Fsp3) is 0.889. The van der Waals surface area contributed by atoms with E-state index in [9.17, 15) is 4.79 Å². The number of alkyl halides is 1. The minimum absolute atomic E-state index is 0.118. The van der Waals surface area contributed by atoms with E-state index in [0.717, 1.165) is 0 Å². The number of hydrogen-bond acceptors (Lipinski definition) is 4. The van der Waals surface area contributed by atoms with E-state index in [1.807, 2.05) is 6.92 Å². The van der Waals surface area contributed by atoms with E-state index in [2.05, 4.69) is 4.74 Å². The van der Waals surface area contributed by atoms with Gasteiger partial charge >= 0.3 is 5.97 Å². The minimum atomic E-state index is -1.27. The summed E-state index contributed by atoms with van der Waals surface area (Å²) < 4.78 is 15.3. The van der Waals surface area contributed by atoms with Crippen molar-refractivity contribution in [3.63, 3.8) is 0 Å². The molecule has 2 heterocycles. The molecule has 3 unspecified atom stereocenters. The zero-order chi connectivity index (χ0) is 10.4. The van der Waals surface area contributed by atoms with Crippen molar-refractivity contribution in [3.8, 4) is 0 Å². The topological polar surface area (TPSA) is 48.1 Å². The van der Waals surface area contributed by atoms with Gasteiger partial charge < -0.3 is 14.2 Å². The third-order valence-corrected chi connectivity index (χ3v) is 3.61. The highest BCUT2D eigenvalue weighted by atomic mass is 35.5. The number of esters is 1. The number of methoxy groups -OCH3 is 1. The molecule has 2 aliphatic heterocycles. The summed E-state index contributed by atoms with van der Waals surface area (Å²) in [7, 11) is 1.31. The maximum Gasteiger partial charge on any atom is 0.357 e. The van der Waals surface area contributed by atoms with E-state index in [1.54, 1.807) is 0 Å². The Morgan fingerprint density at radius 3 is 2.93 bits per heavy atom. The second-order valence-electron chi connectivity index (χ2n) is 3.80. The zero-order valence-corrected chi connectivity index (χ0v) is 8.97. The Balaban J connectivity index is 2.17. The Bertz CT molecular complexity index is 270. The van der Waals surface area contributed by atoms with Crippen LogP contribution in [0.4, 0.5) is 0 Å². The van der Waals surface area contributed by atoms with Crippen LogP contribution < -0.4 is 0 Å². The quantitative estimate of drug-likeness (QED) is 0.375. The average Bonchev–Trinajstić information content (AvgIpc) is 2.78. The van der Waals surface area contributed by atoms with Gasteiger partial charge in [-0.15, -0.1) is 0 Å². The van der Waals surface area contributed by atoms with Crippen LogP contribution in [0.3, 0.4) is 0 Å². The summed E-state index contributed by atoms with van der Waals surface area (Å²) in [6.45, 7) is 3.12. The molecule has 0 amide bonds. The summed E-state index contributed by atoms with van der Waals surface area (Å²) in [5.74, 6) is -0.388. The molecule has 0 aromatic carbocycles. The lowest BCUT2D eigenvalue weighted by Gasteiger charge is -2.26. The standard InChI is InChI=1S/C9H13ClO4/c1-6-5-13-4-3-8(6)9(10,14-8)7(11)12-2/h6H,3-5H2,1-2H3. The number of carbonyl (C=O) groups excluding carboxylic acids is 1. The van der Waals surface area contributed by atoms with E-state index in [4.69, 9.17) is 21.1 Å². The van der Waals surface area contributed by atoms with Gasteiger partial charge in [-0.2, -0.15) is 0 Å². The molecule has 2 rings (SSSR count). The van der Waals surface area contributed by atoms with E-state index in [0.29, 0.717) is 19.6 Å². The summed E-state index contributed by atoms with van der Waals surface area (Å²) in [4.78, 5) is 11.4. The molecule has 80 valence electrons. The first kappa shape index (κ1) is 10.2. The van der Waals surface area contributed by atoms with Gasteiger partial charge in [0.1, 0.15) is 5.60 Å². The summed E-state index contributed by atoms with van der Waals surface area (Å²) in [6, 6.07) is 0. The Morgan fingerprint density at radius 2 is 2.36 bits per heavy atom. The van der Waals surface area contributed by atoms with Gasteiger partial charge in [-0.05, 0) is 0 Å². The van der Waals surface area contributed by atoms with Crippen LogP contribution in [-0.4, -0.2) is 37.0 Å². The summed E-state index contributed by atoms with van der Waals surface area (Å²) >= 11 is 6.07. The smallest absolute Gasteiger partial charge is 0.357 e. The molecular formula is C9H13ClO4. The molecule has 2 saturated heterocycles. The summed E-state index contributed by atoms with van der Waals surface area (Å²) in [5, 5.41) is -1.27. The van der Waals surface area contributed by atoms with Gasteiger partial charge in [0.05, 0.1) is 13.7 Å². The molecule has 4 nitrogen and oxygen atoms in total. The molecule has 2 aliphatic rings. The van der Waals surface area contributed by atoms with Crippen LogP contribution in [0.2, 0.25) is 0 Å². The Morgan fingerprint density at radius 1 is 1.64 bits per heavy atom. The number of halogens is 1. The zero-order valence-electron chi connectivity index (χ0n) is 8.21. The molecule has 0 saturated carbocycles. The molecule has 0 N–H and O–H groups in total. The molecular weight excluding hydrogens is 208 g/mol. The average molecular weight is 221 g/mol. The highest BCUT2D eigenvalue weighted by Crippen LogP contribution is 2.59. The van der Waals surface area contributed by atoms with Gasteiger partial charge in [-0.25, -0.2) is 4.79 Å². The second-order valence-corrected chi connectivity index (χ2v) is 4.34. The fourth-order valence-corrected chi connectivity index (χ4v) is 2.56. The van der Waals surface area contributed by atoms with E-state index in [1.165, 1.54) is 7.11 Å². The lowest BCUT2D eigenvalue weighted by molar-refractivity contribution is -0.143. The van der Waals surface area contributed by atoms with Crippen LogP contribution in [-0.2, 0) is 19.0 Å². The van der Waals surface area contributed by atoms with Crippen LogP contribution in [0.15, 0.2) is 0 Å². The van der Waals surface area contributed by atoms with Crippen molar-refractivity contribution in [1.29, 1.82) is 0 Å². The summed E-state index contributed by atoms with van der Waals surface area (Å²) in [5.41, 5.74) is -0.570. The Kier molecular flexibility index (Phi) is 2.25. The van der Waals surface area contributed by atoms with Crippen LogP contribution >= 0.6 is 11.6 Å². The maximum atomic E-state index is 11.4. The van der Waals surface area contributed by atoms with Crippen molar-refractivity contribution in [2.45, 2.75) is 24.0 Å². The van der Waals surface area contributed by atoms with Gasteiger partial charge in [0.2, 0.25) is 0 Å². The SMILES string of the molecule is COC(=O)C1(Cl)OC12CCOCC2C. The van der Waals surface area contributed by atoms with Gasteiger partial charge in [0.15, 0.2) is 0 Å². The first-order valence-electron chi connectivity index (χ1n) is 4.62. The maximum absolute atomic E-state index is 11.4. The van der Waals surface area contributed by atoms with Crippen LogP contribution in [0.25, 0.3) is 0 Å². The highest BCUT2D eigenvalue weighted by molar-refractivity contribution is 6.36. The molecule has 0 aromatic rings. The number of hydrogen-bond donors (Lipinski definition) is 0. The van der Waals surface area contributed by atoms with Crippen molar-refractivity contribution in [1.82, 2.24) is 0 Å². The van der Waals surface area contributed by atoms with Gasteiger partial charge in [0, 0.05) is 18.9 Å². The van der Waals surface area contributed by atoms with Gasteiger partial charge in [-0.3, -0.25) is 0 Å². The second kappa shape index (κ2) is 3.08. The van der Waals surface area contributed by atoms with Crippen LogP contribution in [0, 0.1) is 5.92 Å².